The first-order valence-corrected chi connectivity index (χ1v) is 10.6. The molecule has 4 N–H and O–H groups in total. The number of ether oxygens (including phenoxy) is 4. The van der Waals surface area contributed by atoms with E-state index in [2.05, 4.69) is 5.32 Å². The smallest absolute Gasteiger partial charge is 0.248 e. The number of aromatic hydroxyl groups is 1. The van der Waals surface area contributed by atoms with Gasteiger partial charge in [0.1, 0.15) is 11.5 Å². The molecule has 0 heterocycles. The lowest BCUT2D eigenvalue weighted by Gasteiger charge is -2.12. The summed E-state index contributed by atoms with van der Waals surface area (Å²) in [6.45, 7) is 0. The van der Waals surface area contributed by atoms with Crippen LogP contribution in [0.5, 0.6) is 28.7 Å². The van der Waals surface area contributed by atoms with Gasteiger partial charge in [-0.25, -0.2) is 0 Å². The molecule has 0 saturated carbocycles. The molecule has 1 amide bonds. The second-order valence-electron chi connectivity index (χ2n) is 7.39. The van der Waals surface area contributed by atoms with Crippen LogP contribution in [0.15, 0.2) is 54.6 Å². The van der Waals surface area contributed by atoms with Crippen LogP contribution in [-0.4, -0.2) is 39.5 Å². The number of rotatable bonds is 9. The highest BCUT2D eigenvalue weighted by Gasteiger charge is 2.12. The summed E-state index contributed by atoms with van der Waals surface area (Å²) in [7, 11) is 6.19. The van der Waals surface area contributed by atoms with Crippen LogP contribution in [0.1, 0.15) is 16.7 Å². The Labute approximate surface area is 204 Å². The van der Waals surface area contributed by atoms with E-state index in [9.17, 15) is 9.90 Å². The van der Waals surface area contributed by atoms with Gasteiger partial charge < -0.3 is 35.1 Å². The van der Waals surface area contributed by atoms with Gasteiger partial charge in [-0.05, 0) is 59.2 Å². The first kappa shape index (κ1) is 25.0. The number of phenols is 1. The molecule has 0 saturated heterocycles. The fourth-order valence-electron chi connectivity index (χ4n) is 3.35. The van der Waals surface area contributed by atoms with Gasteiger partial charge in [-0.2, -0.15) is 0 Å². The van der Waals surface area contributed by atoms with Gasteiger partial charge in [0, 0.05) is 6.08 Å². The van der Waals surface area contributed by atoms with E-state index in [0.717, 1.165) is 16.7 Å². The molecule has 0 bridgehead atoms. The van der Waals surface area contributed by atoms with Crippen LogP contribution in [0.2, 0.25) is 0 Å². The molecule has 35 heavy (non-hydrogen) atoms. The molecule has 0 radical (unpaired) electrons. The molecule has 0 aliphatic carbocycles. The number of methoxy groups -OCH3 is 4. The monoisotopic (exact) mass is 476 g/mol. The Morgan fingerprint density at radius 2 is 1.37 bits per heavy atom. The van der Waals surface area contributed by atoms with Gasteiger partial charge >= 0.3 is 0 Å². The van der Waals surface area contributed by atoms with E-state index in [-0.39, 0.29) is 5.75 Å². The number of benzene rings is 3. The minimum absolute atomic E-state index is 0.0625. The van der Waals surface area contributed by atoms with Gasteiger partial charge in [0.05, 0.1) is 39.8 Å². The van der Waals surface area contributed by atoms with Crippen molar-refractivity contribution in [1.29, 1.82) is 0 Å². The van der Waals surface area contributed by atoms with Crippen LogP contribution < -0.4 is 30.0 Å². The molecule has 3 aromatic carbocycles. The molecule has 3 aromatic rings. The lowest BCUT2D eigenvalue weighted by Crippen LogP contribution is -2.07. The molecule has 8 nitrogen and oxygen atoms in total. The molecule has 8 heteroatoms. The first-order chi connectivity index (χ1) is 16.9. The molecule has 0 aliphatic rings. The SMILES string of the molecule is COc1ccc(/C=C/C(=O)Nc2ccc(C=Cc3cc(OC)c(OC)c(OC)c3)cc2O)cc1N. The fraction of sp³-hybridized carbons (Fsp3) is 0.148. The first-order valence-electron chi connectivity index (χ1n) is 10.6. The van der Waals surface area contributed by atoms with Crippen molar-refractivity contribution in [2.24, 2.45) is 0 Å². The molecular weight excluding hydrogens is 448 g/mol. The number of carbonyl (C=O) groups excluding carboxylic acids is 1. The maximum absolute atomic E-state index is 12.3. The second kappa shape index (κ2) is 11.5. The summed E-state index contributed by atoms with van der Waals surface area (Å²) in [4.78, 5) is 12.3. The van der Waals surface area contributed by atoms with E-state index in [4.69, 9.17) is 24.7 Å². The third kappa shape index (κ3) is 6.26. The zero-order valence-corrected chi connectivity index (χ0v) is 20.0. The molecule has 182 valence electrons. The predicted molar refractivity (Wildman–Crippen MR) is 138 cm³/mol. The number of nitrogens with two attached hydrogens (primary N) is 1. The van der Waals surface area contributed by atoms with Crippen LogP contribution in [0, 0.1) is 0 Å². The number of carbonyl (C=O) groups is 1. The molecule has 0 unspecified atom stereocenters. The second-order valence-corrected chi connectivity index (χ2v) is 7.39. The number of anilines is 2. The van der Waals surface area contributed by atoms with Gasteiger partial charge in [-0.3, -0.25) is 4.79 Å². The average molecular weight is 477 g/mol. The van der Waals surface area contributed by atoms with Crippen molar-refractivity contribution in [2.45, 2.75) is 0 Å². The van der Waals surface area contributed by atoms with Gasteiger partial charge in [-0.15, -0.1) is 0 Å². The minimum Gasteiger partial charge on any atom is -0.506 e. The Bertz CT molecular complexity index is 1240. The molecule has 3 rings (SSSR count). The van der Waals surface area contributed by atoms with E-state index in [0.29, 0.717) is 34.4 Å². The maximum Gasteiger partial charge on any atom is 0.248 e. The number of hydrogen-bond acceptors (Lipinski definition) is 7. The zero-order chi connectivity index (χ0) is 25.4. The number of hydrogen-bond donors (Lipinski definition) is 3. The number of nitrogens with one attached hydrogen (secondary N) is 1. The normalized spacial score (nSPS) is 11.0. The topological polar surface area (TPSA) is 112 Å². The zero-order valence-electron chi connectivity index (χ0n) is 20.0. The third-order valence-corrected chi connectivity index (χ3v) is 5.12. The van der Waals surface area contributed by atoms with E-state index in [1.54, 1.807) is 63.8 Å². The fourth-order valence-corrected chi connectivity index (χ4v) is 3.35. The van der Waals surface area contributed by atoms with Crippen molar-refractivity contribution < 1.29 is 28.8 Å². The maximum atomic E-state index is 12.3. The van der Waals surface area contributed by atoms with Crippen molar-refractivity contribution in [3.05, 3.63) is 71.3 Å². The quantitative estimate of drug-likeness (QED) is 0.175. The Hall–Kier alpha value is -4.59. The standard InChI is InChI=1S/C27H28N2O6/c1-32-23-11-8-17(13-20(23)28)9-12-26(31)29-21-10-7-18(14-22(21)30)5-6-19-15-24(33-2)27(35-4)25(16-19)34-3/h5-16,30H,28H2,1-4H3,(H,29,31)/b6-5?,12-9+. The van der Waals surface area contributed by atoms with Gasteiger partial charge in [0.2, 0.25) is 11.7 Å². The van der Waals surface area contributed by atoms with E-state index >= 15 is 0 Å². The van der Waals surface area contributed by atoms with Crippen molar-refractivity contribution in [1.82, 2.24) is 0 Å². The van der Waals surface area contributed by atoms with E-state index < -0.39 is 5.91 Å². The van der Waals surface area contributed by atoms with Gasteiger partial charge in [0.25, 0.3) is 0 Å². The molecule has 0 atom stereocenters. The summed E-state index contributed by atoms with van der Waals surface area (Å²) < 4.78 is 21.2. The highest BCUT2D eigenvalue weighted by Crippen LogP contribution is 2.38. The number of nitrogen functional groups attached to an aromatic ring is 1. The van der Waals surface area contributed by atoms with Crippen LogP contribution in [0.25, 0.3) is 18.2 Å². The Balaban J connectivity index is 1.70. The molecule has 0 aromatic heterocycles. The largest absolute Gasteiger partial charge is 0.506 e. The molecule has 0 fully saturated rings. The summed E-state index contributed by atoms with van der Waals surface area (Å²) in [5.74, 6) is 1.70. The van der Waals surface area contributed by atoms with Crippen molar-refractivity contribution in [3.8, 4) is 28.7 Å². The molecule has 0 spiro atoms. The predicted octanol–water partition coefficient (Wildman–Crippen LogP) is 4.83. The third-order valence-electron chi connectivity index (χ3n) is 5.12. The summed E-state index contributed by atoms with van der Waals surface area (Å²) in [5, 5.41) is 13.0. The summed E-state index contributed by atoms with van der Waals surface area (Å²) in [6, 6.07) is 13.8. The lowest BCUT2D eigenvalue weighted by atomic mass is 10.1. The average Bonchev–Trinajstić information content (AvgIpc) is 2.87. The summed E-state index contributed by atoms with van der Waals surface area (Å²) in [6.07, 6.45) is 6.65. The number of amides is 1. The van der Waals surface area contributed by atoms with Crippen molar-refractivity contribution in [3.63, 3.8) is 0 Å². The lowest BCUT2D eigenvalue weighted by molar-refractivity contribution is -0.111. The Morgan fingerprint density at radius 3 is 1.94 bits per heavy atom. The Morgan fingerprint density at radius 1 is 0.771 bits per heavy atom. The van der Waals surface area contributed by atoms with Gasteiger partial charge in [0.15, 0.2) is 11.5 Å². The summed E-state index contributed by atoms with van der Waals surface area (Å²) in [5.41, 5.74) is 8.95. The minimum atomic E-state index is -0.393. The van der Waals surface area contributed by atoms with Crippen LogP contribution >= 0.6 is 0 Å². The van der Waals surface area contributed by atoms with Gasteiger partial charge in [-0.1, -0.05) is 24.3 Å². The molecular formula is C27H28N2O6. The molecule has 0 aliphatic heterocycles. The van der Waals surface area contributed by atoms with E-state index in [1.807, 2.05) is 24.3 Å². The van der Waals surface area contributed by atoms with Crippen molar-refractivity contribution in [2.75, 3.05) is 39.5 Å². The van der Waals surface area contributed by atoms with Crippen molar-refractivity contribution >= 4 is 35.5 Å². The van der Waals surface area contributed by atoms with Crippen LogP contribution in [-0.2, 0) is 4.79 Å². The number of phenolic OH excluding ortho intramolecular Hbond substituents is 1. The highest BCUT2D eigenvalue weighted by atomic mass is 16.5. The van der Waals surface area contributed by atoms with Crippen LogP contribution in [0.3, 0.4) is 0 Å². The summed E-state index contributed by atoms with van der Waals surface area (Å²) >= 11 is 0. The highest BCUT2D eigenvalue weighted by molar-refractivity contribution is 6.03. The Kier molecular flexibility index (Phi) is 8.24. The van der Waals surface area contributed by atoms with Crippen LogP contribution in [0.4, 0.5) is 11.4 Å². The van der Waals surface area contributed by atoms with E-state index in [1.165, 1.54) is 13.2 Å².